The van der Waals surface area contributed by atoms with Gasteiger partial charge in [0, 0.05) is 24.7 Å². The van der Waals surface area contributed by atoms with Gasteiger partial charge < -0.3 is 15.5 Å². The van der Waals surface area contributed by atoms with Crippen LogP contribution < -0.4 is 10.6 Å². The van der Waals surface area contributed by atoms with E-state index in [0.29, 0.717) is 24.7 Å². The molecule has 0 radical (unpaired) electrons. The van der Waals surface area contributed by atoms with Gasteiger partial charge in [-0.05, 0) is 31.5 Å². The lowest BCUT2D eigenvalue weighted by Gasteiger charge is -2.37. The average Bonchev–Trinajstić information content (AvgIpc) is 2.76. The number of piperazine rings is 1. The fourth-order valence-electron chi connectivity index (χ4n) is 3.20. The first-order chi connectivity index (χ1) is 11.8. The summed E-state index contributed by atoms with van der Waals surface area (Å²) in [4.78, 5) is 39.8. The molecule has 26 heavy (non-hydrogen) atoms. The quantitative estimate of drug-likeness (QED) is 0.754. The molecule has 0 aromatic heterocycles. The maximum Gasteiger partial charge on any atom is 0.325 e. The van der Waals surface area contributed by atoms with Crippen LogP contribution >= 0.6 is 24.0 Å². The van der Waals surface area contributed by atoms with Gasteiger partial charge in [0.25, 0.3) is 5.91 Å². The molecular weight excluding hydrogens is 379 g/mol. The third-order valence-corrected chi connectivity index (χ3v) is 4.77. The van der Waals surface area contributed by atoms with Crippen molar-refractivity contribution in [3.05, 3.63) is 34.9 Å². The highest BCUT2D eigenvalue weighted by atomic mass is 35.5. The Hall–Kier alpha value is -1.83. The van der Waals surface area contributed by atoms with Crippen LogP contribution in [0.1, 0.15) is 25.5 Å². The number of amides is 4. The summed E-state index contributed by atoms with van der Waals surface area (Å²) >= 11 is 6.07. The molecule has 2 fully saturated rings. The molecule has 1 aromatic rings. The summed E-state index contributed by atoms with van der Waals surface area (Å²) < 4.78 is 0. The molecule has 2 N–H and O–H groups in total. The third kappa shape index (κ3) is 3.95. The van der Waals surface area contributed by atoms with E-state index in [1.54, 1.807) is 24.8 Å². The summed E-state index contributed by atoms with van der Waals surface area (Å²) in [5.74, 6) is -0.645. The monoisotopic (exact) mass is 400 g/mol. The molecule has 4 amide bonds. The summed E-state index contributed by atoms with van der Waals surface area (Å²) in [6.07, 6.45) is 0. The summed E-state index contributed by atoms with van der Waals surface area (Å²) in [5.41, 5.74) is -0.0572. The van der Waals surface area contributed by atoms with Gasteiger partial charge in [-0.3, -0.25) is 14.5 Å². The van der Waals surface area contributed by atoms with Crippen molar-refractivity contribution in [2.45, 2.75) is 25.4 Å². The topological polar surface area (TPSA) is 81.8 Å². The number of halogens is 2. The Bertz CT molecular complexity index is 726. The Labute approximate surface area is 163 Å². The zero-order chi connectivity index (χ0) is 18.2. The van der Waals surface area contributed by atoms with Crippen LogP contribution in [-0.2, 0) is 9.59 Å². The SMILES string of the molecule is CC1(C)NC(=O)N(CC(=O)N2CCNCC2c2cccc(Cl)c2)C1=O.Cl. The van der Waals surface area contributed by atoms with Crippen molar-refractivity contribution in [1.29, 1.82) is 0 Å². The maximum absolute atomic E-state index is 12.8. The maximum atomic E-state index is 12.8. The Morgan fingerprint density at radius 3 is 2.69 bits per heavy atom. The van der Waals surface area contributed by atoms with Gasteiger partial charge in [-0.1, -0.05) is 23.7 Å². The highest BCUT2D eigenvalue weighted by Gasteiger charge is 2.45. The molecule has 2 aliphatic rings. The fraction of sp³-hybridized carbons (Fsp3) is 0.471. The molecule has 2 saturated heterocycles. The van der Waals surface area contributed by atoms with Crippen LogP contribution in [0.2, 0.25) is 5.02 Å². The van der Waals surface area contributed by atoms with Crippen molar-refractivity contribution in [3.8, 4) is 0 Å². The number of hydrogen-bond acceptors (Lipinski definition) is 4. The molecule has 0 saturated carbocycles. The number of benzene rings is 1. The average molecular weight is 401 g/mol. The van der Waals surface area contributed by atoms with Gasteiger partial charge in [-0.2, -0.15) is 0 Å². The number of nitrogens with zero attached hydrogens (tertiary/aromatic N) is 2. The van der Waals surface area contributed by atoms with Gasteiger partial charge in [0.2, 0.25) is 5.91 Å². The Morgan fingerprint density at radius 2 is 2.08 bits per heavy atom. The van der Waals surface area contributed by atoms with Gasteiger partial charge in [0.15, 0.2) is 0 Å². The van der Waals surface area contributed by atoms with Crippen molar-refractivity contribution in [2.75, 3.05) is 26.2 Å². The Kier molecular flexibility index (Phi) is 6.16. The first-order valence-electron chi connectivity index (χ1n) is 8.19. The van der Waals surface area contributed by atoms with Crippen LogP contribution in [-0.4, -0.2) is 59.4 Å². The molecule has 142 valence electrons. The summed E-state index contributed by atoms with van der Waals surface area (Å²) in [6, 6.07) is 6.65. The van der Waals surface area contributed by atoms with E-state index < -0.39 is 11.6 Å². The molecule has 0 aliphatic carbocycles. The highest BCUT2D eigenvalue weighted by Crippen LogP contribution is 2.25. The van der Waals surface area contributed by atoms with Crippen LogP contribution in [0.25, 0.3) is 0 Å². The standard InChI is InChI=1S/C17H21ClN4O3.ClH/c1-17(2)15(24)22(16(25)20-17)10-14(23)21-7-6-19-9-13(21)11-4-3-5-12(18)8-11;/h3-5,8,13,19H,6-7,9-10H2,1-2H3,(H,20,25);1H. The molecule has 0 spiro atoms. The number of rotatable bonds is 3. The lowest BCUT2D eigenvalue weighted by Crippen LogP contribution is -2.52. The van der Waals surface area contributed by atoms with Crippen LogP contribution in [0.15, 0.2) is 24.3 Å². The summed E-state index contributed by atoms with van der Waals surface area (Å²) in [5, 5.41) is 6.46. The van der Waals surface area contributed by atoms with Gasteiger partial charge in [-0.25, -0.2) is 4.79 Å². The van der Waals surface area contributed by atoms with Gasteiger partial charge >= 0.3 is 6.03 Å². The largest absolute Gasteiger partial charge is 0.332 e. The summed E-state index contributed by atoms with van der Waals surface area (Å²) in [7, 11) is 0. The van der Waals surface area contributed by atoms with E-state index in [1.165, 1.54) is 0 Å². The second-order valence-electron chi connectivity index (χ2n) is 6.81. The van der Waals surface area contributed by atoms with Crippen molar-refractivity contribution in [2.24, 2.45) is 0 Å². The number of imide groups is 1. The number of urea groups is 1. The predicted octanol–water partition coefficient (Wildman–Crippen LogP) is 1.57. The zero-order valence-electron chi connectivity index (χ0n) is 14.6. The molecule has 1 atom stereocenters. The minimum absolute atomic E-state index is 0. The van der Waals surface area contributed by atoms with E-state index in [0.717, 1.165) is 10.5 Å². The zero-order valence-corrected chi connectivity index (χ0v) is 16.2. The van der Waals surface area contributed by atoms with E-state index in [9.17, 15) is 14.4 Å². The number of carbonyl (C=O) groups excluding carboxylic acids is 3. The van der Waals surface area contributed by atoms with Crippen LogP contribution in [0, 0.1) is 0 Å². The minimum atomic E-state index is -0.979. The lowest BCUT2D eigenvalue weighted by molar-refractivity contribution is -0.140. The predicted molar refractivity (Wildman–Crippen MR) is 100 cm³/mol. The van der Waals surface area contributed by atoms with Gasteiger partial charge in [0.05, 0.1) is 6.04 Å². The lowest BCUT2D eigenvalue weighted by atomic mass is 10.0. The Morgan fingerprint density at radius 1 is 1.35 bits per heavy atom. The molecule has 1 unspecified atom stereocenters. The highest BCUT2D eigenvalue weighted by molar-refractivity contribution is 6.30. The van der Waals surface area contributed by atoms with E-state index in [2.05, 4.69) is 10.6 Å². The van der Waals surface area contributed by atoms with Crippen LogP contribution in [0.5, 0.6) is 0 Å². The summed E-state index contributed by atoms with van der Waals surface area (Å²) in [6.45, 7) is 4.75. The second kappa shape index (κ2) is 7.82. The minimum Gasteiger partial charge on any atom is -0.332 e. The molecule has 1 aromatic carbocycles. The van der Waals surface area contributed by atoms with Crippen LogP contribution in [0.3, 0.4) is 0 Å². The van der Waals surface area contributed by atoms with Crippen molar-refractivity contribution < 1.29 is 14.4 Å². The Balaban J connectivity index is 0.00000243. The first kappa shape index (κ1) is 20.5. The molecule has 2 aliphatic heterocycles. The number of hydrogen-bond donors (Lipinski definition) is 2. The smallest absolute Gasteiger partial charge is 0.325 e. The van der Waals surface area contributed by atoms with E-state index in [4.69, 9.17) is 11.6 Å². The van der Waals surface area contributed by atoms with Crippen LogP contribution in [0.4, 0.5) is 4.79 Å². The molecule has 2 heterocycles. The third-order valence-electron chi connectivity index (χ3n) is 4.53. The number of nitrogens with one attached hydrogen (secondary N) is 2. The molecule has 7 nitrogen and oxygen atoms in total. The van der Waals surface area contributed by atoms with Crippen molar-refractivity contribution >= 4 is 41.9 Å². The molecule has 0 bridgehead atoms. The van der Waals surface area contributed by atoms with Gasteiger partial charge in [0.1, 0.15) is 12.1 Å². The molecule has 3 rings (SSSR count). The van der Waals surface area contributed by atoms with E-state index in [-0.39, 0.29) is 36.8 Å². The first-order valence-corrected chi connectivity index (χ1v) is 8.57. The molecule has 9 heteroatoms. The van der Waals surface area contributed by atoms with E-state index in [1.807, 2.05) is 18.2 Å². The normalized spacial score (nSPS) is 22.0. The van der Waals surface area contributed by atoms with Gasteiger partial charge in [-0.15, -0.1) is 12.4 Å². The second-order valence-corrected chi connectivity index (χ2v) is 7.24. The molecular formula is C17H22Cl2N4O3. The van der Waals surface area contributed by atoms with E-state index >= 15 is 0 Å². The van der Waals surface area contributed by atoms with Crippen molar-refractivity contribution in [1.82, 2.24) is 20.4 Å². The fourth-order valence-corrected chi connectivity index (χ4v) is 3.40. The number of carbonyl (C=O) groups is 3. The van der Waals surface area contributed by atoms with Crippen molar-refractivity contribution in [3.63, 3.8) is 0 Å².